The predicted octanol–water partition coefficient (Wildman–Crippen LogP) is 5.53. The Balaban J connectivity index is 0.000000799. The molecular formula is C32H55N7O. The normalized spacial score (nSPS) is 12.4. The van der Waals surface area contributed by atoms with Gasteiger partial charge in [0.1, 0.15) is 11.6 Å². The third-order valence-electron chi connectivity index (χ3n) is 6.31. The number of phenols is 1. The van der Waals surface area contributed by atoms with Crippen molar-refractivity contribution in [3.05, 3.63) is 71.9 Å². The smallest absolute Gasteiger partial charge is 0.124 e. The molecule has 1 aromatic rings. The second-order valence-corrected chi connectivity index (χ2v) is 9.80. The van der Waals surface area contributed by atoms with Gasteiger partial charge >= 0.3 is 0 Å². The SMILES string of the molecule is C=CCN(CC(C)CC)C(/C=C(\N)c1ccccc1O)=C(N)N.C=N/C=C(\C=NCC)CCCCCCCNC. The number of aromatic hydroxyl groups is 1. The largest absolute Gasteiger partial charge is 0.507 e. The maximum atomic E-state index is 9.93. The van der Waals surface area contributed by atoms with Crippen molar-refractivity contribution < 1.29 is 5.11 Å². The number of nitrogens with zero attached hydrogens (tertiary/aromatic N) is 3. The highest BCUT2D eigenvalue weighted by Crippen LogP contribution is 2.23. The van der Waals surface area contributed by atoms with Crippen LogP contribution in [0, 0.1) is 5.92 Å². The number of para-hydroxylation sites is 1. The van der Waals surface area contributed by atoms with E-state index in [4.69, 9.17) is 17.2 Å². The number of hydrogen-bond acceptors (Lipinski definition) is 8. The Morgan fingerprint density at radius 3 is 2.35 bits per heavy atom. The summed E-state index contributed by atoms with van der Waals surface area (Å²) in [6, 6.07) is 6.89. The van der Waals surface area contributed by atoms with E-state index in [2.05, 4.69) is 42.4 Å². The van der Waals surface area contributed by atoms with Crippen molar-refractivity contribution in [1.29, 1.82) is 0 Å². The highest BCUT2D eigenvalue weighted by molar-refractivity contribution is 5.78. The Bertz CT molecular complexity index is 962. The van der Waals surface area contributed by atoms with Gasteiger partial charge in [-0.05, 0) is 76.2 Å². The van der Waals surface area contributed by atoms with Crippen LogP contribution in [0.5, 0.6) is 5.75 Å². The minimum Gasteiger partial charge on any atom is -0.507 e. The fourth-order valence-corrected chi connectivity index (χ4v) is 3.88. The molecule has 0 spiro atoms. The first-order valence-corrected chi connectivity index (χ1v) is 14.4. The molecule has 0 aliphatic carbocycles. The van der Waals surface area contributed by atoms with Crippen LogP contribution in [0.15, 0.2) is 76.3 Å². The molecule has 1 unspecified atom stereocenters. The number of benzene rings is 1. The van der Waals surface area contributed by atoms with Crippen LogP contribution in [0.4, 0.5) is 0 Å². The predicted molar refractivity (Wildman–Crippen MR) is 175 cm³/mol. The van der Waals surface area contributed by atoms with Crippen molar-refractivity contribution in [1.82, 2.24) is 10.2 Å². The summed E-state index contributed by atoms with van der Waals surface area (Å²) in [5.41, 5.74) is 20.7. The van der Waals surface area contributed by atoms with Gasteiger partial charge in [0.15, 0.2) is 0 Å². The second kappa shape index (κ2) is 23.4. The summed E-state index contributed by atoms with van der Waals surface area (Å²) in [6.07, 6.45) is 15.8. The maximum Gasteiger partial charge on any atom is 0.124 e. The van der Waals surface area contributed by atoms with Crippen molar-refractivity contribution in [2.24, 2.45) is 33.1 Å². The van der Waals surface area contributed by atoms with E-state index in [0.29, 0.717) is 29.4 Å². The van der Waals surface area contributed by atoms with E-state index in [9.17, 15) is 5.11 Å². The molecule has 8 N–H and O–H groups in total. The van der Waals surface area contributed by atoms with Gasteiger partial charge in [-0.25, -0.2) is 0 Å². The molecule has 40 heavy (non-hydrogen) atoms. The Labute approximate surface area is 243 Å². The van der Waals surface area contributed by atoms with Crippen LogP contribution in [0.25, 0.3) is 5.70 Å². The van der Waals surface area contributed by atoms with Gasteiger partial charge < -0.3 is 32.5 Å². The third kappa shape index (κ3) is 16.4. The Kier molecular flexibility index (Phi) is 21.3. The molecule has 224 valence electrons. The zero-order chi connectivity index (χ0) is 30.2. The van der Waals surface area contributed by atoms with Gasteiger partial charge in [-0.2, -0.15) is 0 Å². The quantitative estimate of drug-likeness (QED) is 0.0660. The highest BCUT2D eigenvalue weighted by atomic mass is 16.3. The lowest BCUT2D eigenvalue weighted by atomic mass is 10.1. The fourth-order valence-electron chi connectivity index (χ4n) is 3.88. The molecular weight excluding hydrogens is 498 g/mol. The number of aliphatic imine (C=N–C) groups is 2. The van der Waals surface area contributed by atoms with Crippen molar-refractivity contribution >= 4 is 18.6 Å². The van der Waals surface area contributed by atoms with E-state index < -0.39 is 0 Å². The van der Waals surface area contributed by atoms with Gasteiger partial charge in [0, 0.05) is 43.3 Å². The standard InChI is InChI=1S/C18H28N4O.C14H27N3/c1-4-10-22(12-13(3)5-2)16(18(20)21)11-15(19)14-8-6-7-9-17(14)23;1-4-17-13-14(12-16-3)10-8-6-5-7-9-11-15-2/h4,6-9,11,13,23H,1,5,10,12,19-21H2,2-3H3;12-13,15H,3-11H2,1-2H3/b15-11-;14-12-,17-13?. The van der Waals surface area contributed by atoms with Crippen LogP contribution in [-0.2, 0) is 0 Å². The maximum absolute atomic E-state index is 9.93. The molecule has 0 bridgehead atoms. The lowest BCUT2D eigenvalue weighted by Gasteiger charge is -2.28. The molecule has 1 rings (SSSR count). The summed E-state index contributed by atoms with van der Waals surface area (Å²) in [6.45, 7) is 17.0. The van der Waals surface area contributed by atoms with Gasteiger partial charge in [-0.15, -0.1) is 6.58 Å². The van der Waals surface area contributed by atoms with E-state index in [1.165, 1.54) is 37.7 Å². The molecule has 8 nitrogen and oxygen atoms in total. The lowest BCUT2D eigenvalue weighted by Crippen LogP contribution is -2.31. The summed E-state index contributed by atoms with van der Waals surface area (Å²) >= 11 is 0. The van der Waals surface area contributed by atoms with Crippen molar-refractivity contribution in [3.8, 4) is 5.75 Å². The molecule has 1 atom stereocenters. The van der Waals surface area contributed by atoms with Crippen LogP contribution < -0.4 is 22.5 Å². The molecule has 0 saturated heterocycles. The fraction of sp³-hybridized carbons (Fsp3) is 0.500. The number of phenolic OH excluding ortho intramolecular Hbond substituents is 1. The Hall–Kier alpha value is -3.52. The first kappa shape index (κ1) is 36.5. The average molecular weight is 554 g/mol. The van der Waals surface area contributed by atoms with Crippen LogP contribution in [0.1, 0.15) is 71.3 Å². The Morgan fingerprint density at radius 1 is 1.10 bits per heavy atom. The zero-order valence-electron chi connectivity index (χ0n) is 25.4. The van der Waals surface area contributed by atoms with E-state index >= 15 is 0 Å². The third-order valence-corrected chi connectivity index (χ3v) is 6.31. The number of rotatable bonds is 19. The summed E-state index contributed by atoms with van der Waals surface area (Å²) in [4.78, 5) is 10.1. The lowest BCUT2D eigenvalue weighted by molar-refractivity contribution is 0.320. The topological polar surface area (TPSA) is 138 Å². The summed E-state index contributed by atoms with van der Waals surface area (Å²) in [5, 5.41) is 13.1. The molecule has 0 amide bonds. The molecule has 8 heteroatoms. The minimum absolute atomic E-state index is 0.119. The van der Waals surface area contributed by atoms with Crippen molar-refractivity contribution in [2.45, 2.75) is 65.7 Å². The molecule has 0 aromatic heterocycles. The van der Waals surface area contributed by atoms with Gasteiger partial charge in [0.25, 0.3) is 0 Å². The monoisotopic (exact) mass is 553 g/mol. The van der Waals surface area contributed by atoms with E-state index in [-0.39, 0.29) is 11.6 Å². The second-order valence-electron chi connectivity index (χ2n) is 9.80. The first-order valence-electron chi connectivity index (χ1n) is 14.4. The molecule has 0 saturated carbocycles. The number of nitrogens with two attached hydrogens (primary N) is 3. The van der Waals surface area contributed by atoms with Gasteiger partial charge in [0.05, 0.1) is 5.70 Å². The van der Waals surface area contributed by atoms with Gasteiger partial charge in [-0.3, -0.25) is 9.98 Å². The molecule has 0 radical (unpaired) electrons. The number of unbranched alkanes of at least 4 members (excludes halogenated alkanes) is 4. The summed E-state index contributed by atoms with van der Waals surface area (Å²) < 4.78 is 0. The van der Waals surface area contributed by atoms with Crippen LogP contribution in [0.3, 0.4) is 0 Å². The van der Waals surface area contributed by atoms with Gasteiger partial charge in [-0.1, -0.05) is 57.7 Å². The molecule has 0 fully saturated rings. The van der Waals surface area contributed by atoms with E-state index in [1.807, 2.05) is 37.4 Å². The molecule has 0 aliphatic rings. The molecule has 1 aromatic carbocycles. The minimum atomic E-state index is 0.119. The first-order chi connectivity index (χ1) is 19.2. The number of hydrogen-bond donors (Lipinski definition) is 5. The van der Waals surface area contributed by atoms with Crippen LogP contribution >= 0.6 is 0 Å². The van der Waals surface area contributed by atoms with Crippen LogP contribution in [-0.4, -0.2) is 56.2 Å². The van der Waals surface area contributed by atoms with Crippen molar-refractivity contribution in [2.75, 3.05) is 33.2 Å². The van der Waals surface area contributed by atoms with Gasteiger partial charge in [0.2, 0.25) is 0 Å². The molecule has 0 heterocycles. The summed E-state index contributed by atoms with van der Waals surface area (Å²) in [5.74, 6) is 0.783. The summed E-state index contributed by atoms with van der Waals surface area (Å²) in [7, 11) is 2.01. The van der Waals surface area contributed by atoms with Crippen molar-refractivity contribution in [3.63, 3.8) is 0 Å². The number of allylic oxidation sites excluding steroid dienone is 2. The van der Waals surface area contributed by atoms with Crippen LogP contribution in [0.2, 0.25) is 0 Å². The van der Waals surface area contributed by atoms with E-state index in [1.54, 1.807) is 30.4 Å². The average Bonchev–Trinajstić information content (AvgIpc) is 2.94. The van der Waals surface area contributed by atoms with E-state index in [0.717, 1.165) is 32.5 Å². The zero-order valence-corrected chi connectivity index (χ0v) is 25.4. The number of nitrogens with one attached hydrogen (secondary N) is 1. The highest BCUT2D eigenvalue weighted by Gasteiger charge is 2.14. The Morgan fingerprint density at radius 2 is 1.77 bits per heavy atom. The molecule has 0 aliphatic heterocycles.